The van der Waals surface area contributed by atoms with E-state index < -0.39 is 5.97 Å². The van der Waals surface area contributed by atoms with Crippen LogP contribution in [0.3, 0.4) is 0 Å². The Morgan fingerprint density at radius 2 is 2.20 bits per heavy atom. The van der Waals surface area contributed by atoms with Crippen LogP contribution < -0.4 is 0 Å². The van der Waals surface area contributed by atoms with Gasteiger partial charge in [0.2, 0.25) is 0 Å². The van der Waals surface area contributed by atoms with Crippen LogP contribution in [-0.2, 0) is 9.53 Å². The van der Waals surface area contributed by atoms with Gasteiger partial charge in [0, 0.05) is 18.7 Å². The van der Waals surface area contributed by atoms with Crippen molar-refractivity contribution < 1.29 is 14.6 Å². The van der Waals surface area contributed by atoms with Gasteiger partial charge in [-0.05, 0) is 50.7 Å². The Morgan fingerprint density at radius 1 is 1.50 bits per heavy atom. The van der Waals surface area contributed by atoms with E-state index in [0.29, 0.717) is 6.04 Å². The van der Waals surface area contributed by atoms with Crippen molar-refractivity contribution in [3.8, 4) is 0 Å². The number of carboxylic acids is 1. The molecule has 0 aliphatic carbocycles. The van der Waals surface area contributed by atoms with Gasteiger partial charge in [-0.1, -0.05) is 6.92 Å². The van der Waals surface area contributed by atoms with Crippen molar-refractivity contribution in [1.82, 2.24) is 4.90 Å². The molecule has 2 aliphatic heterocycles. The standard InChI is InChI=1S/C15H27NO3S/c1-3-16(12(2)10-14(17)18)13-4-7-19-15(11-13)5-8-20-9-6-15/h12-13H,3-11H2,1-2H3,(H,17,18). The second kappa shape index (κ2) is 7.14. The van der Waals surface area contributed by atoms with Gasteiger partial charge in [-0.2, -0.15) is 11.8 Å². The number of carbonyl (C=O) groups is 1. The van der Waals surface area contributed by atoms with E-state index in [1.165, 1.54) is 11.5 Å². The van der Waals surface area contributed by atoms with Gasteiger partial charge in [0.1, 0.15) is 0 Å². The number of nitrogens with zero attached hydrogens (tertiary/aromatic N) is 1. The number of ether oxygens (including phenoxy) is 1. The number of rotatable bonds is 5. The van der Waals surface area contributed by atoms with Crippen LogP contribution in [0, 0.1) is 0 Å². The average molecular weight is 301 g/mol. The maximum absolute atomic E-state index is 11.0. The maximum Gasteiger partial charge on any atom is 0.304 e. The van der Waals surface area contributed by atoms with Crippen LogP contribution >= 0.6 is 11.8 Å². The quantitative estimate of drug-likeness (QED) is 0.846. The lowest BCUT2D eigenvalue weighted by atomic mass is 9.84. The van der Waals surface area contributed by atoms with Crippen molar-refractivity contribution in [2.24, 2.45) is 0 Å². The second-order valence-electron chi connectivity index (χ2n) is 6.07. The minimum Gasteiger partial charge on any atom is -0.481 e. The molecule has 20 heavy (non-hydrogen) atoms. The molecule has 0 saturated carbocycles. The van der Waals surface area contributed by atoms with Crippen molar-refractivity contribution in [2.75, 3.05) is 24.7 Å². The molecule has 0 amide bonds. The Labute approximate surface area is 126 Å². The van der Waals surface area contributed by atoms with Crippen LogP contribution in [0.15, 0.2) is 0 Å². The Hall–Kier alpha value is -0.260. The predicted molar refractivity (Wildman–Crippen MR) is 82.4 cm³/mol. The monoisotopic (exact) mass is 301 g/mol. The molecule has 2 unspecified atom stereocenters. The minimum atomic E-state index is -0.702. The molecule has 0 aromatic rings. The van der Waals surface area contributed by atoms with Crippen LogP contribution in [-0.4, -0.2) is 58.3 Å². The summed E-state index contributed by atoms with van der Waals surface area (Å²) in [5.41, 5.74) is 0.0739. The summed E-state index contributed by atoms with van der Waals surface area (Å²) in [6.07, 6.45) is 4.64. The molecule has 2 heterocycles. The number of hydrogen-bond acceptors (Lipinski definition) is 4. The first-order valence-corrected chi connectivity index (χ1v) is 8.91. The Morgan fingerprint density at radius 3 is 2.80 bits per heavy atom. The van der Waals surface area contributed by atoms with Crippen molar-refractivity contribution >= 4 is 17.7 Å². The Kier molecular flexibility index (Phi) is 5.75. The fourth-order valence-corrected chi connectivity index (χ4v) is 4.91. The van der Waals surface area contributed by atoms with Gasteiger partial charge in [0.25, 0.3) is 0 Å². The molecule has 2 atom stereocenters. The fraction of sp³-hybridized carbons (Fsp3) is 0.933. The summed E-state index contributed by atoms with van der Waals surface area (Å²) in [4.78, 5) is 13.3. The molecule has 0 radical (unpaired) electrons. The lowest BCUT2D eigenvalue weighted by molar-refractivity contribution is -0.140. The Bertz CT molecular complexity index is 326. The first kappa shape index (κ1) is 16.1. The van der Waals surface area contributed by atoms with E-state index in [1.54, 1.807) is 0 Å². The first-order valence-electron chi connectivity index (χ1n) is 7.75. The fourth-order valence-electron chi connectivity index (χ4n) is 3.68. The van der Waals surface area contributed by atoms with Gasteiger partial charge in [-0.3, -0.25) is 9.69 Å². The number of thioether (sulfide) groups is 1. The third-order valence-electron chi connectivity index (χ3n) is 4.74. The number of hydrogen-bond donors (Lipinski definition) is 1. The Balaban J connectivity index is 2.00. The first-order chi connectivity index (χ1) is 9.56. The van der Waals surface area contributed by atoms with Crippen LogP contribution in [0.25, 0.3) is 0 Å². The summed E-state index contributed by atoms with van der Waals surface area (Å²) in [6, 6.07) is 0.585. The van der Waals surface area contributed by atoms with E-state index in [4.69, 9.17) is 9.84 Å². The molecule has 1 spiro atoms. The maximum atomic E-state index is 11.0. The van der Waals surface area contributed by atoms with Crippen LogP contribution in [0.2, 0.25) is 0 Å². The summed E-state index contributed by atoms with van der Waals surface area (Å²) in [5, 5.41) is 9.01. The molecule has 2 rings (SSSR count). The van der Waals surface area contributed by atoms with E-state index in [0.717, 1.165) is 38.8 Å². The van der Waals surface area contributed by atoms with Crippen LogP contribution in [0.5, 0.6) is 0 Å². The zero-order valence-corrected chi connectivity index (χ0v) is 13.5. The SMILES string of the molecule is CCN(C(C)CC(=O)O)C1CCOC2(CCSCC2)C1. The largest absolute Gasteiger partial charge is 0.481 e. The van der Waals surface area contributed by atoms with E-state index >= 15 is 0 Å². The molecule has 4 nitrogen and oxygen atoms in total. The lowest BCUT2D eigenvalue weighted by Crippen LogP contribution is -2.52. The summed E-state index contributed by atoms with van der Waals surface area (Å²) in [6.45, 7) is 5.92. The van der Waals surface area contributed by atoms with Gasteiger partial charge in [-0.15, -0.1) is 0 Å². The van der Waals surface area contributed by atoms with Gasteiger partial charge in [0.15, 0.2) is 0 Å². The van der Waals surface area contributed by atoms with E-state index in [2.05, 4.69) is 11.8 Å². The molecule has 0 bridgehead atoms. The number of aliphatic carboxylic acids is 1. The topological polar surface area (TPSA) is 49.8 Å². The van der Waals surface area contributed by atoms with Crippen molar-refractivity contribution in [2.45, 2.75) is 63.6 Å². The highest BCUT2D eigenvalue weighted by molar-refractivity contribution is 7.99. The molecule has 0 aromatic carbocycles. The van der Waals surface area contributed by atoms with Gasteiger partial charge < -0.3 is 9.84 Å². The molecule has 2 fully saturated rings. The highest BCUT2D eigenvalue weighted by Crippen LogP contribution is 2.39. The van der Waals surface area contributed by atoms with E-state index in [1.807, 2.05) is 18.7 Å². The van der Waals surface area contributed by atoms with E-state index in [9.17, 15) is 4.79 Å². The smallest absolute Gasteiger partial charge is 0.304 e. The molecular formula is C15H27NO3S. The molecular weight excluding hydrogens is 274 g/mol. The zero-order valence-electron chi connectivity index (χ0n) is 12.6. The van der Waals surface area contributed by atoms with E-state index in [-0.39, 0.29) is 18.1 Å². The van der Waals surface area contributed by atoms with Crippen LogP contribution in [0.4, 0.5) is 0 Å². The molecule has 1 N–H and O–H groups in total. The van der Waals surface area contributed by atoms with Crippen molar-refractivity contribution in [3.05, 3.63) is 0 Å². The molecule has 116 valence electrons. The van der Waals surface area contributed by atoms with Crippen LogP contribution in [0.1, 0.15) is 46.0 Å². The summed E-state index contributed by atoms with van der Waals surface area (Å²) in [5.74, 6) is 1.69. The van der Waals surface area contributed by atoms with Gasteiger partial charge in [0.05, 0.1) is 12.0 Å². The third kappa shape index (κ3) is 3.89. The lowest BCUT2D eigenvalue weighted by Gasteiger charge is -2.47. The third-order valence-corrected chi connectivity index (χ3v) is 5.73. The molecule has 2 saturated heterocycles. The average Bonchev–Trinajstić information content (AvgIpc) is 2.39. The highest BCUT2D eigenvalue weighted by Gasteiger charge is 2.41. The summed E-state index contributed by atoms with van der Waals surface area (Å²) >= 11 is 2.02. The summed E-state index contributed by atoms with van der Waals surface area (Å²) in [7, 11) is 0. The minimum absolute atomic E-state index is 0.0739. The van der Waals surface area contributed by atoms with Crippen molar-refractivity contribution in [1.29, 1.82) is 0 Å². The van der Waals surface area contributed by atoms with Gasteiger partial charge in [-0.25, -0.2) is 0 Å². The highest BCUT2D eigenvalue weighted by atomic mass is 32.2. The number of carboxylic acid groups (broad SMARTS) is 1. The zero-order chi connectivity index (χ0) is 14.6. The normalized spacial score (nSPS) is 27.6. The van der Waals surface area contributed by atoms with Crippen molar-refractivity contribution in [3.63, 3.8) is 0 Å². The predicted octanol–water partition coefficient (Wildman–Crippen LogP) is 2.62. The molecule has 2 aliphatic rings. The second-order valence-corrected chi connectivity index (χ2v) is 7.29. The van der Waals surface area contributed by atoms with Gasteiger partial charge >= 0.3 is 5.97 Å². The molecule has 0 aromatic heterocycles. The summed E-state index contributed by atoms with van der Waals surface area (Å²) < 4.78 is 6.14. The molecule has 5 heteroatoms.